The summed E-state index contributed by atoms with van der Waals surface area (Å²) >= 11 is 0. The van der Waals surface area contributed by atoms with E-state index in [0.29, 0.717) is 25.1 Å². The Morgan fingerprint density at radius 3 is 2.31 bits per heavy atom. The predicted molar refractivity (Wildman–Crippen MR) is 143 cm³/mol. The van der Waals surface area contributed by atoms with Gasteiger partial charge in [0.15, 0.2) is 0 Å². The average molecular weight is 543 g/mol. The quantitative estimate of drug-likeness (QED) is 0.304. The molecule has 0 amide bonds. The van der Waals surface area contributed by atoms with E-state index in [2.05, 4.69) is 25.6 Å². The van der Waals surface area contributed by atoms with Gasteiger partial charge in [-0.1, -0.05) is 24.3 Å². The zero-order chi connectivity index (χ0) is 21.9. The number of H-pyrrole nitrogens is 1. The first-order chi connectivity index (χ1) is 15.7. The third-order valence-corrected chi connectivity index (χ3v) is 6.14. The number of rotatable bonds is 7. The molecular weight excluding hydrogens is 515 g/mol. The summed E-state index contributed by atoms with van der Waals surface area (Å²) in [6.07, 6.45) is 3.02. The van der Waals surface area contributed by atoms with E-state index in [1.54, 1.807) is 6.07 Å². The second-order valence-electron chi connectivity index (χ2n) is 8.29. The lowest BCUT2D eigenvalue weighted by Gasteiger charge is -2.29. The van der Waals surface area contributed by atoms with Crippen LogP contribution in [0.5, 0.6) is 0 Å². The van der Waals surface area contributed by atoms with E-state index in [0.717, 1.165) is 47.1 Å². The highest BCUT2D eigenvalue weighted by Gasteiger charge is 2.22. The van der Waals surface area contributed by atoms with Crippen molar-refractivity contribution in [2.45, 2.75) is 32.0 Å². The summed E-state index contributed by atoms with van der Waals surface area (Å²) in [6.45, 7) is 2.39. The first-order valence-electron chi connectivity index (χ1n) is 11.0. The molecule has 2 N–H and O–H groups in total. The van der Waals surface area contributed by atoms with E-state index in [1.165, 1.54) is 18.2 Å². The maximum atomic E-state index is 14.7. The Balaban J connectivity index is 0.00000144. The lowest BCUT2D eigenvalue weighted by atomic mass is 10.0. The molecule has 0 saturated carbocycles. The molecule has 0 bridgehead atoms. The second kappa shape index (κ2) is 13.1. The van der Waals surface area contributed by atoms with E-state index >= 15 is 0 Å². The smallest absolute Gasteiger partial charge is 0.126 e. The van der Waals surface area contributed by atoms with Crippen LogP contribution in [0.1, 0.15) is 24.0 Å². The molecule has 0 unspecified atom stereocenters. The van der Waals surface area contributed by atoms with Crippen molar-refractivity contribution in [3.05, 3.63) is 83.4 Å². The van der Waals surface area contributed by atoms with Crippen LogP contribution in [0.15, 0.2) is 60.7 Å². The van der Waals surface area contributed by atoms with E-state index < -0.39 is 0 Å². The van der Waals surface area contributed by atoms with Crippen molar-refractivity contribution < 1.29 is 8.78 Å². The average Bonchev–Trinajstić information content (AvgIpc) is 3.50. The molecule has 1 aromatic heterocycles. The van der Waals surface area contributed by atoms with Crippen molar-refractivity contribution in [1.29, 1.82) is 0 Å². The SMILES string of the molecule is Cl.Cl.Cl.Fc1ccc(CN(CCc2cc(-c3ccc4n[nH]nc4c3)ccc2F)[C@@H]2CCCN2)cc1. The molecule has 1 atom stereocenters. The summed E-state index contributed by atoms with van der Waals surface area (Å²) in [5, 5.41) is 14.4. The zero-order valence-corrected chi connectivity index (χ0v) is 21.4. The highest BCUT2D eigenvalue weighted by atomic mass is 35.5. The summed E-state index contributed by atoms with van der Waals surface area (Å²) in [7, 11) is 0. The minimum absolute atomic E-state index is 0. The minimum Gasteiger partial charge on any atom is -0.302 e. The number of nitrogens with zero attached hydrogens (tertiary/aromatic N) is 3. The number of aromatic amines is 1. The van der Waals surface area contributed by atoms with Crippen molar-refractivity contribution in [2.75, 3.05) is 13.1 Å². The first kappa shape index (κ1) is 28.9. The van der Waals surface area contributed by atoms with Gasteiger partial charge in [0.05, 0.1) is 6.17 Å². The summed E-state index contributed by atoms with van der Waals surface area (Å²) in [5.41, 5.74) is 5.26. The van der Waals surface area contributed by atoms with Crippen LogP contribution in [0.25, 0.3) is 22.2 Å². The van der Waals surface area contributed by atoms with E-state index in [9.17, 15) is 8.78 Å². The molecule has 1 aliphatic heterocycles. The van der Waals surface area contributed by atoms with Gasteiger partial charge in [-0.3, -0.25) is 4.90 Å². The Morgan fingerprint density at radius 1 is 0.857 bits per heavy atom. The summed E-state index contributed by atoms with van der Waals surface area (Å²) in [6, 6.07) is 17.7. The second-order valence-corrected chi connectivity index (χ2v) is 8.29. The van der Waals surface area contributed by atoms with Crippen LogP contribution < -0.4 is 5.32 Å². The molecule has 0 radical (unpaired) electrons. The van der Waals surface area contributed by atoms with Gasteiger partial charge in [-0.15, -0.1) is 37.2 Å². The number of halogens is 5. The van der Waals surface area contributed by atoms with Crippen molar-refractivity contribution in [3.63, 3.8) is 0 Å². The number of hydrogen-bond acceptors (Lipinski definition) is 4. The van der Waals surface area contributed by atoms with Gasteiger partial charge in [-0.2, -0.15) is 15.4 Å². The van der Waals surface area contributed by atoms with Gasteiger partial charge in [0.25, 0.3) is 0 Å². The van der Waals surface area contributed by atoms with Crippen LogP contribution in [0, 0.1) is 11.6 Å². The van der Waals surface area contributed by atoms with Gasteiger partial charge in [0.2, 0.25) is 0 Å². The molecule has 35 heavy (non-hydrogen) atoms. The maximum Gasteiger partial charge on any atom is 0.126 e. The number of benzene rings is 3. The van der Waals surface area contributed by atoms with E-state index in [1.807, 2.05) is 36.4 Å². The van der Waals surface area contributed by atoms with Gasteiger partial charge in [-0.05, 0) is 84.5 Å². The molecule has 3 aromatic carbocycles. The molecule has 1 fully saturated rings. The number of aromatic nitrogens is 3. The maximum absolute atomic E-state index is 14.7. The number of nitrogens with one attached hydrogen (secondary N) is 2. The Labute approximate surface area is 221 Å². The lowest BCUT2D eigenvalue weighted by molar-refractivity contribution is 0.174. The van der Waals surface area contributed by atoms with Crippen LogP contribution in [0.3, 0.4) is 0 Å². The third-order valence-electron chi connectivity index (χ3n) is 6.14. The standard InChI is InChI=1S/C25H25F2N5.3ClH/c26-21-7-3-17(4-8-21)16-32(25-2-1-12-28-25)13-11-20-14-18(5-9-22(20)27)19-6-10-23-24(15-19)30-31-29-23;;;/h3-10,14-15,25,28H,1-2,11-13,16H2,(H,29,30,31);3*1H/t25-;;;/m1.../s1. The molecular formula is C25H28Cl3F2N5. The highest BCUT2D eigenvalue weighted by Crippen LogP contribution is 2.25. The molecule has 0 aliphatic carbocycles. The fourth-order valence-corrected chi connectivity index (χ4v) is 4.38. The van der Waals surface area contributed by atoms with Crippen LogP contribution in [-0.2, 0) is 13.0 Å². The van der Waals surface area contributed by atoms with Gasteiger partial charge in [-0.25, -0.2) is 8.78 Å². The molecule has 0 spiro atoms. The minimum atomic E-state index is -0.234. The summed E-state index contributed by atoms with van der Waals surface area (Å²) in [5.74, 6) is -0.431. The van der Waals surface area contributed by atoms with Crippen LogP contribution in [-0.4, -0.2) is 39.6 Å². The molecule has 5 nitrogen and oxygen atoms in total. The predicted octanol–water partition coefficient (Wildman–Crippen LogP) is 5.92. The van der Waals surface area contributed by atoms with E-state index in [-0.39, 0.29) is 55.0 Å². The van der Waals surface area contributed by atoms with Crippen molar-refractivity contribution >= 4 is 48.3 Å². The van der Waals surface area contributed by atoms with E-state index in [4.69, 9.17) is 0 Å². The monoisotopic (exact) mass is 541 g/mol. The van der Waals surface area contributed by atoms with Crippen molar-refractivity contribution in [3.8, 4) is 11.1 Å². The van der Waals surface area contributed by atoms with Gasteiger partial charge in [0, 0.05) is 13.1 Å². The zero-order valence-electron chi connectivity index (χ0n) is 18.9. The van der Waals surface area contributed by atoms with Crippen molar-refractivity contribution in [2.24, 2.45) is 0 Å². The lowest BCUT2D eigenvalue weighted by Crippen LogP contribution is -2.42. The fourth-order valence-electron chi connectivity index (χ4n) is 4.38. The molecule has 2 heterocycles. The normalized spacial score (nSPS) is 14.9. The molecule has 5 rings (SSSR count). The third kappa shape index (κ3) is 6.90. The molecule has 188 valence electrons. The summed E-state index contributed by atoms with van der Waals surface area (Å²) in [4.78, 5) is 2.33. The Kier molecular flexibility index (Phi) is 10.9. The Morgan fingerprint density at radius 2 is 1.57 bits per heavy atom. The van der Waals surface area contributed by atoms with Gasteiger partial charge < -0.3 is 5.32 Å². The molecule has 1 aliphatic rings. The Bertz CT molecular complexity index is 1210. The van der Waals surface area contributed by atoms with Crippen LogP contribution in [0.4, 0.5) is 8.78 Å². The van der Waals surface area contributed by atoms with Crippen LogP contribution in [0.2, 0.25) is 0 Å². The first-order valence-corrected chi connectivity index (χ1v) is 11.0. The topological polar surface area (TPSA) is 56.8 Å². The summed E-state index contributed by atoms with van der Waals surface area (Å²) < 4.78 is 28.0. The number of fused-ring (bicyclic) bond motifs is 1. The number of hydrogen-bond donors (Lipinski definition) is 2. The fraction of sp³-hybridized carbons (Fsp3) is 0.280. The molecule has 1 saturated heterocycles. The van der Waals surface area contributed by atoms with Gasteiger partial charge >= 0.3 is 0 Å². The Hall–Kier alpha value is -2.29. The van der Waals surface area contributed by atoms with Crippen molar-refractivity contribution in [1.82, 2.24) is 25.6 Å². The molecule has 10 heteroatoms. The highest BCUT2D eigenvalue weighted by molar-refractivity contribution is 5.86. The van der Waals surface area contributed by atoms with Crippen LogP contribution >= 0.6 is 37.2 Å². The van der Waals surface area contributed by atoms with Gasteiger partial charge in [0.1, 0.15) is 22.7 Å². The largest absolute Gasteiger partial charge is 0.302 e. The molecule has 4 aromatic rings.